The van der Waals surface area contributed by atoms with Crippen LogP contribution in [-0.2, 0) is 4.84 Å². The van der Waals surface area contributed by atoms with Crippen LogP contribution in [0.15, 0.2) is 12.1 Å². The molecule has 2 heterocycles. The number of aryl methyl sites for hydroxylation is 1. The first kappa shape index (κ1) is 11.1. The van der Waals surface area contributed by atoms with E-state index in [0.717, 1.165) is 19.6 Å². The van der Waals surface area contributed by atoms with Gasteiger partial charge in [0.2, 0.25) is 0 Å². The van der Waals surface area contributed by atoms with E-state index in [1.165, 1.54) is 9.75 Å². The summed E-state index contributed by atoms with van der Waals surface area (Å²) in [5, 5.41) is 2.04. The molecule has 2 rings (SSSR count). The standard InChI is InChI=1S/C11H18N2OS/c1-8-4-5-10(15-8)11(9(2)12)13-6-3-7-14-13/h4-5,9,11H,3,6-7,12H2,1-2H3. The molecule has 0 radical (unpaired) electrons. The Hall–Kier alpha value is -0.420. The molecule has 0 aromatic carbocycles. The fraction of sp³-hybridized carbons (Fsp3) is 0.636. The van der Waals surface area contributed by atoms with E-state index in [4.69, 9.17) is 10.6 Å². The van der Waals surface area contributed by atoms with Gasteiger partial charge in [0.05, 0.1) is 12.6 Å². The van der Waals surface area contributed by atoms with Crippen LogP contribution in [0.1, 0.15) is 29.1 Å². The van der Waals surface area contributed by atoms with Crippen molar-refractivity contribution in [1.82, 2.24) is 5.06 Å². The van der Waals surface area contributed by atoms with E-state index >= 15 is 0 Å². The Morgan fingerprint density at radius 3 is 2.80 bits per heavy atom. The number of nitrogens with two attached hydrogens (primary N) is 1. The van der Waals surface area contributed by atoms with Crippen molar-refractivity contribution in [2.45, 2.75) is 32.4 Å². The highest BCUT2D eigenvalue weighted by Gasteiger charge is 2.28. The Balaban J connectivity index is 2.18. The molecular formula is C11H18N2OS. The number of nitrogens with zero attached hydrogens (tertiary/aromatic N) is 1. The van der Waals surface area contributed by atoms with Gasteiger partial charge in [-0.2, -0.15) is 5.06 Å². The maximum absolute atomic E-state index is 6.04. The summed E-state index contributed by atoms with van der Waals surface area (Å²) < 4.78 is 0. The Kier molecular flexibility index (Phi) is 3.41. The molecule has 1 aromatic heterocycles. The summed E-state index contributed by atoms with van der Waals surface area (Å²) in [4.78, 5) is 8.24. The first-order valence-electron chi connectivity index (χ1n) is 5.40. The van der Waals surface area contributed by atoms with Crippen molar-refractivity contribution in [1.29, 1.82) is 0 Å². The molecule has 1 aliphatic rings. The lowest BCUT2D eigenvalue weighted by molar-refractivity contribution is -0.146. The molecule has 1 fully saturated rings. The third-order valence-corrected chi connectivity index (χ3v) is 3.71. The first-order chi connectivity index (χ1) is 7.18. The molecule has 1 aromatic rings. The van der Waals surface area contributed by atoms with Crippen LogP contribution in [0.5, 0.6) is 0 Å². The van der Waals surface area contributed by atoms with Crippen molar-refractivity contribution in [2.24, 2.45) is 5.73 Å². The van der Waals surface area contributed by atoms with Crippen LogP contribution < -0.4 is 5.73 Å². The van der Waals surface area contributed by atoms with E-state index in [1.807, 2.05) is 23.3 Å². The Labute approximate surface area is 94.8 Å². The van der Waals surface area contributed by atoms with Crippen LogP contribution in [0.25, 0.3) is 0 Å². The van der Waals surface area contributed by atoms with Crippen molar-refractivity contribution < 1.29 is 4.84 Å². The summed E-state index contributed by atoms with van der Waals surface area (Å²) in [5.74, 6) is 0. The van der Waals surface area contributed by atoms with Crippen molar-refractivity contribution in [3.8, 4) is 0 Å². The Morgan fingerprint density at radius 2 is 2.33 bits per heavy atom. The summed E-state index contributed by atoms with van der Waals surface area (Å²) in [6, 6.07) is 4.62. The summed E-state index contributed by atoms with van der Waals surface area (Å²) in [5.41, 5.74) is 6.04. The van der Waals surface area contributed by atoms with Crippen LogP contribution in [0.4, 0.5) is 0 Å². The second kappa shape index (κ2) is 4.61. The van der Waals surface area contributed by atoms with Gasteiger partial charge in [-0.3, -0.25) is 4.84 Å². The van der Waals surface area contributed by atoms with Gasteiger partial charge >= 0.3 is 0 Å². The zero-order valence-corrected chi connectivity index (χ0v) is 10.1. The second-order valence-electron chi connectivity index (χ2n) is 4.08. The van der Waals surface area contributed by atoms with Gasteiger partial charge in [-0.1, -0.05) is 0 Å². The third-order valence-electron chi connectivity index (χ3n) is 2.64. The molecule has 3 nitrogen and oxygen atoms in total. The maximum atomic E-state index is 6.04. The number of hydroxylamine groups is 2. The minimum Gasteiger partial charge on any atom is -0.326 e. The number of rotatable bonds is 3. The van der Waals surface area contributed by atoms with E-state index in [-0.39, 0.29) is 12.1 Å². The van der Waals surface area contributed by atoms with E-state index in [9.17, 15) is 0 Å². The van der Waals surface area contributed by atoms with Gasteiger partial charge in [0, 0.05) is 22.3 Å². The lowest BCUT2D eigenvalue weighted by Crippen LogP contribution is -2.36. The van der Waals surface area contributed by atoms with Gasteiger partial charge in [-0.15, -0.1) is 11.3 Å². The van der Waals surface area contributed by atoms with Crippen LogP contribution >= 0.6 is 11.3 Å². The predicted octanol–water partition coefficient (Wildman–Crippen LogP) is 2.08. The summed E-state index contributed by atoms with van der Waals surface area (Å²) in [6.45, 7) is 5.98. The molecule has 1 saturated heterocycles. The van der Waals surface area contributed by atoms with Crippen LogP contribution in [0, 0.1) is 6.92 Å². The van der Waals surface area contributed by atoms with Crippen molar-refractivity contribution in [3.05, 3.63) is 21.9 Å². The lowest BCUT2D eigenvalue weighted by atomic mass is 10.1. The molecule has 2 unspecified atom stereocenters. The van der Waals surface area contributed by atoms with Crippen molar-refractivity contribution in [3.63, 3.8) is 0 Å². The highest BCUT2D eigenvalue weighted by molar-refractivity contribution is 7.12. The number of thiophene rings is 1. The fourth-order valence-electron chi connectivity index (χ4n) is 1.96. The zero-order valence-electron chi connectivity index (χ0n) is 9.27. The predicted molar refractivity (Wildman–Crippen MR) is 62.7 cm³/mol. The van der Waals surface area contributed by atoms with Gasteiger partial charge in [0.15, 0.2) is 0 Å². The van der Waals surface area contributed by atoms with Crippen LogP contribution in [0.2, 0.25) is 0 Å². The monoisotopic (exact) mass is 226 g/mol. The molecule has 0 spiro atoms. The normalized spacial score (nSPS) is 21.8. The average molecular weight is 226 g/mol. The molecule has 0 aliphatic carbocycles. The molecular weight excluding hydrogens is 208 g/mol. The highest BCUT2D eigenvalue weighted by atomic mass is 32.1. The first-order valence-corrected chi connectivity index (χ1v) is 6.21. The minimum absolute atomic E-state index is 0.0983. The van der Waals surface area contributed by atoms with Crippen LogP contribution in [0.3, 0.4) is 0 Å². The molecule has 0 saturated carbocycles. The van der Waals surface area contributed by atoms with E-state index in [1.54, 1.807) is 0 Å². The van der Waals surface area contributed by atoms with E-state index < -0.39 is 0 Å². The van der Waals surface area contributed by atoms with Crippen molar-refractivity contribution >= 4 is 11.3 Å². The summed E-state index contributed by atoms with van der Waals surface area (Å²) in [7, 11) is 0. The van der Waals surface area contributed by atoms with Gasteiger partial charge in [0.1, 0.15) is 0 Å². The van der Waals surface area contributed by atoms with Gasteiger partial charge in [-0.05, 0) is 32.4 Å². The molecule has 2 N–H and O–H groups in total. The largest absolute Gasteiger partial charge is 0.326 e. The fourth-order valence-corrected chi connectivity index (χ4v) is 3.06. The molecule has 0 bridgehead atoms. The van der Waals surface area contributed by atoms with Gasteiger partial charge in [0.25, 0.3) is 0 Å². The minimum atomic E-state index is 0.0983. The Morgan fingerprint density at radius 1 is 1.53 bits per heavy atom. The summed E-state index contributed by atoms with van der Waals surface area (Å²) in [6.07, 6.45) is 1.10. The zero-order chi connectivity index (χ0) is 10.8. The second-order valence-corrected chi connectivity index (χ2v) is 5.40. The van der Waals surface area contributed by atoms with Crippen LogP contribution in [-0.4, -0.2) is 24.3 Å². The maximum Gasteiger partial charge on any atom is 0.0842 e. The highest BCUT2D eigenvalue weighted by Crippen LogP contribution is 2.31. The molecule has 1 aliphatic heterocycles. The van der Waals surface area contributed by atoms with Gasteiger partial charge in [-0.25, -0.2) is 0 Å². The third kappa shape index (κ3) is 2.39. The van der Waals surface area contributed by atoms with Gasteiger partial charge < -0.3 is 5.73 Å². The number of hydrogen-bond donors (Lipinski definition) is 1. The van der Waals surface area contributed by atoms with Crippen molar-refractivity contribution in [2.75, 3.05) is 13.2 Å². The SMILES string of the molecule is Cc1ccc(C(C(C)N)N2CCCO2)s1. The van der Waals surface area contributed by atoms with E-state index in [0.29, 0.717) is 0 Å². The van der Waals surface area contributed by atoms with E-state index in [2.05, 4.69) is 19.1 Å². The quantitative estimate of drug-likeness (QED) is 0.857. The number of hydrogen-bond acceptors (Lipinski definition) is 4. The molecule has 0 amide bonds. The lowest BCUT2D eigenvalue weighted by Gasteiger charge is -2.28. The molecule has 15 heavy (non-hydrogen) atoms. The topological polar surface area (TPSA) is 38.5 Å². The smallest absolute Gasteiger partial charge is 0.0842 e. The molecule has 4 heteroatoms. The Bertz CT molecular complexity index is 318. The average Bonchev–Trinajstić information content (AvgIpc) is 2.77. The molecule has 2 atom stereocenters. The molecule has 84 valence electrons. The summed E-state index contributed by atoms with van der Waals surface area (Å²) >= 11 is 1.81.